The van der Waals surface area contributed by atoms with E-state index in [1.165, 1.54) is 25.0 Å². The third kappa shape index (κ3) is 4.89. The van der Waals surface area contributed by atoms with Crippen LogP contribution in [0.1, 0.15) is 32.3 Å². The second kappa shape index (κ2) is 10.1. The maximum atomic E-state index is 13.5. The third-order valence-corrected chi connectivity index (χ3v) is 7.35. The first-order chi connectivity index (χ1) is 16.2. The summed E-state index contributed by atoms with van der Waals surface area (Å²) in [5.41, 5.74) is -1.38. The molecule has 2 aliphatic heterocycles. The second-order valence-electron chi connectivity index (χ2n) is 9.38. The summed E-state index contributed by atoms with van der Waals surface area (Å²) in [6.45, 7) is 7.69. The molecule has 9 heteroatoms. The van der Waals surface area contributed by atoms with E-state index in [-0.39, 0.29) is 22.2 Å². The number of halogens is 2. The highest BCUT2D eigenvalue weighted by atomic mass is 35.5. The molecule has 1 saturated heterocycles. The summed E-state index contributed by atoms with van der Waals surface area (Å²) in [6, 6.07) is 10.6. The highest BCUT2D eigenvalue weighted by molar-refractivity contribution is 6.42. The monoisotopic (exact) mass is 504 g/mol. The molecule has 2 atom stereocenters. The number of piperidine rings is 1. The van der Waals surface area contributed by atoms with Gasteiger partial charge in [0.25, 0.3) is 11.6 Å². The van der Waals surface area contributed by atoms with Gasteiger partial charge in [-0.1, -0.05) is 55.2 Å². The van der Waals surface area contributed by atoms with E-state index in [4.69, 9.17) is 23.2 Å². The summed E-state index contributed by atoms with van der Waals surface area (Å²) in [5, 5.41) is 18.0. The fraction of sp³-hybridized carbons (Fsp3) is 0.440. The molecule has 0 aromatic heterocycles. The molecule has 4 rings (SSSR count). The number of aliphatic hydroxyl groups is 1. The van der Waals surface area contributed by atoms with Gasteiger partial charge in [-0.3, -0.25) is 9.69 Å². The maximum absolute atomic E-state index is 13.5. The van der Waals surface area contributed by atoms with Crippen molar-refractivity contribution in [3.8, 4) is 0 Å². The predicted molar refractivity (Wildman–Crippen MR) is 135 cm³/mol. The van der Waals surface area contributed by atoms with Crippen molar-refractivity contribution in [3.63, 3.8) is 0 Å². The fourth-order valence-corrected chi connectivity index (χ4v) is 4.92. The van der Waals surface area contributed by atoms with Crippen LogP contribution in [0.4, 0.5) is 16.2 Å². The number of rotatable bonds is 6. The van der Waals surface area contributed by atoms with Crippen molar-refractivity contribution in [1.29, 1.82) is 0 Å². The number of anilines is 2. The van der Waals surface area contributed by atoms with Gasteiger partial charge in [0, 0.05) is 18.7 Å². The summed E-state index contributed by atoms with van der Waals surface area (Å²) < 4.78 is 0. The van der Waals surface area contributed by atoms with Crippen LogP contribution in [0.3, 0.4) is 0 Å². The average Bonchev–Trinajstić information content (AvgIpc) is 2.81. The van der Waals surface area contributed by atoms with E-state index in [9.17, 15) is 14.7 Å². The van der Waals surface area contributed by atoms with E-state index in [2.05, 4.69) is 29.4 Å². The van der Waals surface area contributed by atoms with Gasteiger partial charge in [0.15, 0.2) is 0 Å². The Hall–Kier alpha value is -2.32. The van der Waals surface area contributed by atoms with Crippen molar-refractivity contribution in [1.82, 2.24) is 10.2 Å². The van der Waals surface area contributed by atoms with Gasteiger partial charge in [-0.25, -0.2) is 4.79 Å². The number of amides is 3. The number of likely N-dealkylation sites (tertiary alicyclic amines) is 1. The Morgan fingerprint density at radius 3 is 2.62 bits per heavy atom. The zero-order chi connectivity index (χ0) is 24.5. The maximum Gasteiger partial charge on any atom is 0.329 e. The zero-order valence-electron chi connectivity index (χ0n) is 19.4. The van der Waals surface area contributed by atoms with E-state index >= 15 is 0 Å². The molecular weight excluding hydrogens is 475 g/mol. The summed E-state index contributed by atoms with van der Waals surface area (Å²) >= 11 is 12.2. The number of nitrogens with zero attached hydrogens (tertiary/aromatic N) is 2. The van der Waals surface area contributed by atoms with Crippen LogP contribution in [0.5, 0.6) is 0 Å². The summed E-state index contributed by atoms with van der Waals surface area (Å²) in [5.74, 6) is 0.248. The van der Waals surface area contributed by atoms with Crippen LogP contribution in [0.15, 0.2) is 42.5 Å². The Morgan fingerprint density at radius 2 is 1.91 bits per heavy atom. The highest BCUT2D eigenvalue weighted by Gasteiger charge is 2.52. The number of hydrogen-bond donors (Lipinski definition) is 3. The SMILES string of the molecule is CC1CCN(C[C@H](C)CNC(=O)[C@@]2(O)c3ccccc3NC(=O)N2c2ccc(Cl)c(Cl)c2)CC1. The van der Waals surface area contributed by atoms with Crippen LogP contribution in [-0.2, 0) is 10.5 Å². The quantitative estimate of drug-likeness (QED) is 0.533. The molecule has 7 nitrogen and oxygen atoms in total. The normalized spacial score (nSPS) is 22.1. The molecule has 34 heavy (non-hydrogen) atoms. The molecule has 2 aliphatic rings. The summed E-state index contributed by atoms with van der Waals surface area (Å²) in [6.07, 6.45) is 2.37. The van der Waals surface area contributed by atoms with E-state index < -0.39 is 17.7 Å². The van der Waals surface area contributed by atoms with Gasteiger partial charge in [0.2, 0.25) is 0 Å². The lowest BCUT2D eigenvalue weighted by Gasteiger charge is -2.43. The Bertz CT molecular complexity index is 1070. The van der Waals surface area contributed by atoms with Gasteiger partial charge in [-0.15, -0.1) is 0 Å². The van der Waals surface area contributed by atoms with Crippen LogP contribution in [0.25, 0.3) is 0 Å². The number of nitrogens with one attached hydrogen (secondary N) is 2. The third-order valence-electron chi connectivity index (χ3n) is 6.61. The van der Waals surface area contributed by atoms with Gasteiger partial charge in [-0.2, -0.15) is 0 Å². The molecule has 0 bridgehead atoms. The van der Waals surface area contributed by atoms with E-state index in [0.717, 1.165) is 30.5 Å². The Kier molecular flexibility index (Phi) is 7.38. The van der Waals surface area contributed by atoms with Crippen LogP contribution >= 0.6 is 23.2 Å². The van der Waals surface area contributed by atoms with Crippen molar-refractivity contribution in [2.75, 3.05) is 36.4 Å². The van der Waals surface area contributed by atoms with Gasteiger partial charge in [-0.05, 0) is 62.0 Å². The lowest BCUT2D eigenvalue weighted by molar-refractivity contribution is -0.140. The Morgan fingerprint density at radius 1 is 1.21 bits per heavy atom. The molecule has 1 fully saturated rings. The minimum absolute atomic E-state index is 0.173. The van der Waals surface area contributed by atoms with Crippen LogP contribution < -0.4 is 15.5 Å². The van der Waals surface area contributed by atoms with Gasteiger partial charge in [0.05, 0.1) is 21.4 Å². The molecule has 0 unspecified atom stereocenters. The number of urea groups is 1. The molecule has 182 valence electrons. The number of carbonyl (C=O) groups excluding carboxylic acids is 2. The van der Waals surface area contributed by atoms with Crippen LogP contribution in [0.2, 0.25) is 10.0 Å². The van der Waals surface area contributed by atoms with Crippen molar-refractivity contribution in [2.24, 2.45) is 11.8 Å². The average molecular weight is 505 g/mol. The summed E-state index contributed by atoms with van der Waals surface area (Å²) in [4.78, 5) is 30.1. The number of benzene rings is 2. The van der Waals surface area contributed by atoms with Crippen molar-refractivity contribution in [3.05, 3.63) is 58.1 Å². The van der Waals surface area contributed by atoms with E-state index in [1.54, 1.807) is 30.3 Å². The molecule has 0 spiro atoms. The minimum atomic E-state index is -2.27. The van der Waals surface area contributed by atoms with Crippen molar-refractivity contribution >= 4 is 46.5 Å². The predicted octanol–water partition coefficient (Wildman–Crippen LogP) is 4.67. The molecular formula is C25H30Cl2N4O3. The zero-order valence-corrected chi connectivity index (χ0v) is 20.9. The van der Waals surface area contributed by atoms with Crippen LogP contribution in [0, 0.1) is 11.8 Å². The lowest BCUT2D eigenvalue weighted by atomic mass is 9.94. The topological polar surface area (TPSA) is 84.9 Å². The first-order valence-electron chi connectivity index (χ1n) is 11.6. The molecule has 0 aliphatic carbocycles. The molecule has 0 saturated carbocycles. The van der Waals surface area contributed by atoms with Gasteiger partial charge < -0.3 is 20.6 Å². The molecule has 0 radical (unpaired) electrons. The van der Waals surface area contributed by atoms with Crippen molar-refractivity contribution < 1.29 is 14.7 Å². The largest absolute Gasteiger partial charge is 0.359 e. The Balaban J connectivity index is 1.58. The van der Waals surface area contributed by atoms with Gasteiger partial charge in [0.1, 0.15) is 0 Å². The highest BCUT2D eigenvalue weighted by Crippen LogP contribution is 2.41. The first kappa shape index (κ1) is 24.8. The minimum Gasteiger partial charge on any atom is -0.359 e. The summed E-state index contributed by atoms with van der Waals surface area (Å²) in [7, 11) is 0. The number of carbonyl (C=O) groups is 2. The second-order valence-corrected chi connectivity index (χ2v) is 10.2. The number of para-hydroxylation sites is 1. The lowest BCUT2D eigenvalue weighted by Crippen LogP contribution is -2.63. The molecule has 2 aromatic rings. The fourth-order valence-electron chi connectivity index (χ4n) is 4.63. The standard InChI is InChI=1S/C25H30Cl2N4O3/c1-16-9-11-30(12-10-16)15-17(2)14-28-23(32)25(34)19-5-3-4-6-22(19)29-24(33)31(25)18-7-8-20(26)21(27)13-18/h3-8,13,16-17,34H,9-12,14-15H2,1-2H3,(H,28,32)(H,29,33)/t17-,25+/m1/s1. The first-order valence-corrected chi connectivity index (χ1v) is 12.3. The van der Waals surface area contributed by atoms with E-state index in [1.807, 2.05) is 0 Å². The molecule has 3 amide bonds. The smallest absolute Gasteiger partial charge is 0.329 e. The molecule has 2 heterocycles. The van der Waals surface area contributed by atoms with E-state index in [0.29, 0.717) is 17.3 Å². The molecule has 2 aromatic carbocycles. The number of fused-ring (bicyclic) bond motifs is 1. The molecule has 3 N–H and O–H groups in total. The van der Waals surface area contributed by atoms with Gasteiger partial charge >= 0.3 is 6.03 Å². The van der Waals surface area contributed by atoms with Crippen LogP contribution in [-0.4, -0.2) is 48.1 Å². The van der Waals surface area contributed by atoms with Crippen molar-refractivity contribution in [2.45, 2.75) is 32.4 Å². The Labute approximate surface area is 210 Å². The number of hydrogen-bond acceptors (Lipinski definition) is 4.